The van der Waals surface area contributed by atoms with Gasteiger partial charge in [0.2, 0.25) is 5.91 Å². The van der Waals surface area contributed by atoms with Gasteiger partial charge in [0.05, 0.1) is 18.5 Å². The largest absolute Gasteiger partial charge is 0.487 e. The van der Waals surface area contributed by atoms with Crippen LogP contribution in [0.4, 0.5) is 0 Å². The molecule has 0 aliphatic rings. The van der Waals surface area contributed by atoms with Crippen molar-refractivity contribution in [2.45, 2.75) is 39.3 Å². The first kappa shape index (κ1) is 12.5. The summed E-state index contributed by atoms with van der Waals surface area (Å²) in [7, 11) is 0. The maximum Gasteiger partial charge on any atom is 0.234 e. The van der Waals surface area contributed by atoms with Crippen LogP contribution in [0.15, 0.2) is 12.4 Å². The van der Waals surface area contributed by atoms with Crippen LogP contribution in [0.2, 0.25) is 0 Å². The highest BCUT2D eigenvalue weighted by molar-refractivity contribution is 5.75. The molecule has 16 heavy (non-hydrogen) atoms. The zero-order valence-corrected chi connectivity index (χ0v) is 9.64. The average molecular weight is 226 g/mol. The number of hydrazine groups is 1. The fraction of sp³-hybridized carbons (Fsp3) is 0.600. The predicted octanol–water partition coefficient (Wildman–Crippen LogP) is 0.440. The van der Waals surface area contributed by atoms with E-state index >= 15 is 0 Å². The topological polar surface area (TPSA) is 82.2 Å². The first-order valence-electron chi connectivity index (χ1n) is 5.34. The quantitative estimate of drug-likeness (QED) is 0.419. The molecular weight excluding hydrogens is 208 g/mol. The van der Waals surface area contributed by atoms with Gasteiger partial charge in [0.25, 0.3) is 0 Å². The summed E-state index contributed by atoms with van der Waals surface area (Å²) in [5, 5.41) is 4.09. The molecule has 1 amide bonds. The van der Waals surface area contributed by atoms with Crippen LogP contribution in [0.1, 0.15) is 26.7 Å². The molecule has 90 valence electrons. The molecule has 1 unspecified atom stereocenters. The molecule has 1 aromatic rings. The van der Waals surface area contributed by atoms with Crippen molar-refractivity contribution < 1.29 is 9.53 Å². The molecule has 0 aliphatic heterocycles. The van der Waals surface area contributed by atoms with Gasteiger partial charge in [-0.3, -0.25) is 14.9 Å². The summed E-state index contributed by atoms with van der Waals surface area (Å²) in [6, 6.07) is 0. The van der Waals surface area contributed by atoms with E-state index in [0.717, 1.165) is 12.3 Å². The van der Waals surface area contributed by atoms with Crippen molar-refractivity contribution >= 4 is 5.91 Å². The molecule has 0 aliphatic carbocycles. The zero-order chi connectivity index (χ0) is 12.0. The van der Waals surface area contributed by atoms with Crippen LogP contribution in [-0.4, -0.2) is 21.8 Å². The van der Waals surface area contributed by atoms with Crippen LogP contribution in [0, 0.1) is 0 Å². The van der Waals surface area contributed by atoms with Crippen LogP contribution in [0.3, 0.4) is 0 Å². The summed E-state index contributed by atoms with van der Waals surface area (Å²) in [5.41, 5.74) is 2.09. The molecule has 0 bridgehead atoms. The van der Waals surface area contributed by atoms with Gasteiger partial charge in [-0.05, 0) is 20.3 Å². The van der Waals surface area contributed by atoms with Crippen molar-refractivity contribution in [3.8, 4) is 5.75 Å². The van der Waals surface area contributed by atoms with Crippen LogP contribution in [-0.2, 0) is 11.3 Å². The number of amides is 1. The molecule has 3 N–H and O–H groups in total. The fourth-order valence-electron chi connectivity index (χ4n) is 1.28. The third-order valence-electron chi connectivity index (χ3n) is 2.21. The average Bonchev–Trinajstić information content (AvgIpc) is 2.73. The number of hydrogen-bond donors (Lipinski definition) is 2. The van der Waals surface area contributed by atoms with Crippen LogP contribution < -0.4 is 16.0 Å². The zero-order valence-electron chi connectivity index (χ0n) is 9.64. The minimum atomic E-state index is -0.181. The maximum atomic E-state index is 10.9. The molecule has 0 radical (unpaired) electrons. The smallest absolute Gasteiger partial charge is 0.234 e. The molecule has 6 heteroatoms. The standard InChI is InChI=1S/C10H18N4O2/c1-3-14-7-9(6-12-14)16-8(2)4-5-10(15)13-11/h6-8H,3-5,11H2,1-2H3,(H,13,15). The number of carbonyl (C=O) groups excluding carboxylic acids is 1. The predicted molar refractivity (Wildman–Crippen MR) is 59.6 cm³/mol. The van der Waals surface area contributed by atoms with E-state index in [-0.39, 0.29) is 12.0 Å². The third kappa shape index (κ3) is 3.90. The minimum absolute atomic E-state index is 0.0354. The number of rotatable bonds is 6. The summed E-state index contributed by atoms with van der Waals surface area (Å²) >= 11 is 0. The molecule has 0 saturated carbocycles. The highest BCUT2D eigenvalue weighted by Crippen LogP contribution is 2.12. The van der Waals surface area contributed by atoms with Crippen LogP contribution >= 0.6 is 0 Å². The van der Waals surface area contributed by atoms with Gasteiger partial charge < -0.3 is 4.74 Å². The Morgan fingerprint density at radius 1 is 1.75 bits per heavy atom. The second-order valence-electron chi connectivity index (χ2n) is 3.57. The van der Waals surface area contributed by atoms with Crippen molar-refractivity contribution in [1.82, 2.24) is 15.2 Å². The molecule has 1 heterocycles. The molecule has 0 spiro atoms. The lowest BCUT2D eigenvalue weighted by Gasteiger charge is -2.11. The molecule has 1 aromatic heterocycles. The van der Waals surface area contributed by atoms with Crippen molar-refractivity contribution in [2.75, 3.05) is 0 Å². The van der Waals surface area contributed by atoms with Crippen molar-refractivity contribution in [2.24, 2.45) is 5.84 Å². The third-order valence-corrected chi connectivity index (χ3v) is 2.21. The summed E-state index contributed by atoms with van der Waals surface area (Å²) in [5.74, 6) is 5.52. The summed E-state index contributed by atoms with van der Waals surface area (Å²) in [6.45, 7) is 4.73. The van der Waals surface area contributed by atoms with Crippen molar-refractivity contribution in [3.63, 3.8) is 0 Å². The van der Waals surface area contributed by atoms with E-state index < -0.39 is 0 Å². The van der Waals surface area contributed by atoms with Crippen molar-refractivity contribution in [1.29, 1.82) is 0 Å². The number of nitrogens with zero attached hydrogens (tertiary/aromatic N) is 2. The van der Waals surface area contributed by atoms with Gasteiger partial charge in [0.1, 0.15) is 0 Å². The summed E-state index contributed by atoms with van der Waals surface area (Å²) < 4.78 is 7.37. The molecule has 0 aromatic carbocycles. The van der Waals surface area contributed by atoms with Gasteiger partial charge in [-0.1, -0.05) is 0 Å². The number of carbonyl (C=O) groups is 1. The van der Waals surface area contributed by atoms with Crippen LogP contribution in [0.25, 0.3) is 0 Å². The Bertz CT molecular complexity index is 337. The van der Waals surface area contributed by atoms with Gasteiger partial charge >= 0.3 is 0 Å². The Morgan fingerprint density at radius 2 is 2.50 bits per heavy atom. The Hall–Kier alpha value is -1.56. The highest BCUT2D eigenvalue weighted by Gasteiger charge is 2.08. The minimum Gasteiger partial charge on any atom is -0.487 e. The van der Waals surface area contributed by atoms with Gasteiger partial charge in [0, 0.05) is 13.0 Å². The number of aryl methyl sites for hydroxylation is 1. The fourth-order valence-corrected chi connectivity index (χ4v) is 1.28. The monoisotopic (exact) mass is 226 g/mol. The van der Waals surface area contributed by atoms with Gasteiger partial charge in [-0.15, -0.1) is 0 Å². The van der Waals surface area contributed by atoms with E-state index in [1.165, 1.54) is 0 Å². The Morgan fingerprint density at radius 3 is 3.06 bits per heavy atom. The number of nitrogens with two attached hydrogens (primary N) is 1. The molecule has 0 fully saturated rings. The summed E-state index contributed by atoms with van der Waals surface area (Å²) in [6.07, 6.45) is 4.45. The van der Waals surface area contributed by atoms with E-state index in [1.54, 1.807) is 10.9 Å². The van der Waals surface area contributed by atoms with E-state index in [0.29, 0.717) is 12.8 Å². The Kier molecular flexibility index (Phi) is 4.78. The second-order valence-corrected chi connectivity index (χ2v) is 3.57. The first-order chi connectivity index (χ1) is 7.65. The van der Waals surface area contributed by atoms with E-state index in [1.807, 2.05) is 20.0 Å². The van der Waals surface area contributed by atoms with E-state index in [9.17, 15) is 4.79 Å². The Labute approximate surface area is 94.7 Å². The molecule has 6 nitrogen and oxygen atoms in total. The number of aromatic nitrogens is 2. The number of nitrogens with one attached hydrogen (secondary N) is 1. The lowest BCUT2D eigenvalue weighted by Crippen LogP contribution is -2.30. The van der Waals surface area contributed by atoms with Crippen molar-refractivity contribution in [3.05, 3.63) is 12.4 Å². The van der Waals surface area contributed by atoms with E-state index in [4.69, 9.17) is 10.6 Å². The van der Waals surface area contributed by atoms with Gasteiger partial charge in [-0.2, -0.15) is 5.10 Å². The maximum absolute atomic E-state index is 10.9. The summed E-state index contributed by atoms with van der Waals surface area (Å²) in [4.78, 5) is 10.9. The highest BCUT2D eigenvalue weighted by atomic mass is 16.5. The SMILES string of the molecule is CCn1cc(OC(C)CCC(=O)NN)cn1. The normalized spacial score (nSPS) is 12.2. The van der Waals surface area contributed by atoms with Crippen LogP contribution in [0.5, 0.6) is 5.75 Å². The second kappa shape index (κ2) is 6.12. The number of ether oxygens (including phenoxy) is 1. The molecule has 0 saturated heterocycles. The molecular formula is C10H18N4O2. The Balaban J connectivity index is 2.33. The van der Waals surface area contributed by atoms with Gasteiger partial charge in [-0.25, -0.2) is 5.84 Å². The lowest BCUT2D eigenvalue weighted by molar-refractivity contribution is -0.121. The lowest BCUT2D eigenvalue weighted by atomic mass is 10.2. The molecule has 1 atom stereocenters. The number of hydrogen-bond acceptors (Lipinski definition) is 4. The molecule has 1 rings (SSSR count). The first-order valence-corrected chi connectivity index (χ1v) is 5.34. The van der Waals surface area contributed by atoms with Gasteiger partial charge in [0.15, 0.2) is 5.75 Å². The van der Waals surface area contributed by atoms with E-state index in [2.05, 4.69) is 10.5 Å².